The Bertz CT molecular complexity index is 383. The van der Waals surface area contributed by atoms with Crippen LogP contribution in [0.2, 0.25) is 0 Å². The second-order valence-corrected chi connectivity index (χ2v) is 6.11. The lowest BCUT2D eigenvalue weighted by atomic mass is 9.87. The Balaban J connectivity index is 1.73. The summed E-state index contributed by atoms with van der Waals surface area (Å²) in [5.41, 5.74) is 2.87. The molecule has 106 valence electrons. The Morgan fingerprint density at radius 2 is 1.84 bits per heavy atom. The van der Waals surface area contributed by atoms with E-state index in [-0.39, 0.29) is 6.10 Å². The van der Waals surface area contributed by atoms with Gasteiger partial charge in [-0.3, -0.25) is 0 Å². The predicted octanol–water partition coefficient (Wildman–Crippen LogP) is 3.02. The summed E-state index contributed by atoms with van der Waals surface area (Å²) >= 11 is 0. The molecule has 0 unspecified atom stereocenters. The molecule has 1 aliphatic carbocycles. The third-order valence-electron chi connectivity index (χ3n) is 4.41. The Labute approximate surface area is 117 Å². The topological polar surface area (TPSA) is 23.5 Å². The Hall–Kier alpha value is -0.860. The zero-order valence-electron chi connectivity index (χ0n) is 12.3. The molecule has 2 rings (SSSR count). The summed E-state index contributed by atoms with van der Waals surface area (Å²) < 4.78 is 0. The summed E-state index contributed by atoms with van der Waals surface area (Å²) in [6.45, 7) is 4.50. The SMILES string of the molecule is Cc1ccccc1CCN(C)CC1CCC(O)CC1. The minimum Gasteiger partial charge on any atom is -0.393 e. The van der Waals surface area contributed by atoms with E-state index in [0.29, 0.717) is 0 Å². The van der Waals surface area contributed by atoms with Crippen LogP contribution in [0.3, 0.4) is 0 Å². The molecule has 0 saturated heterocycles. The minimum atomic E-state index is -0.0338. The zero-order valence-corrected chi connectivity index (χ0v) is 12.3. The molecule has 0 bridgehead atoms. The number of hydrogen-bond donors (Lipinski definition) is 1. The van der Waals surface area contributed by atoms with Gasteiger partial charge < -0.3 is 10.0 Å². The number of benzene rings is 1. The molecule has 1 fully saturated rings. The first-order valence-electron chi connectivity index (χ1n) is 7.56. The summed E-state index contributed by atoms with van der Waals surface area (Å²) in [6.07, 6.45) is 5.48. The summed E-state index contributed by atoms with van der Waals surface area (Å²) in [6, 6.07) is 8.67. The minimum absolute atomic E-state index is 0.0338. The standard InChI is InChI=1S/C17H27NO/c1-14-5-3-4-6-16(14)11-12-18(2)13-15-7-9-17(19)10-8-15/h3-6,15,17,19H,7-13H2,1-2H3. The second-order valence-electron chi connectivity index (χ2n) is 6.11. The van der Waals surface area contributed by atoms with Gasteiger partial charge in [0.05, 0.1) is 6.10 Å². The van der Waals surface area contributed by atoms with Crippen molar-refractivity contribution in [3.8, 4) is 0 Å². The maximum atomic E-state index is 9.53. The summed E-state index contributed by atoms with van der Waals surface area (Å²) in [7, 11) is 2.23. The molecular formula is C17H27NO. The van der Waals surface area contributed by atoms with Gasteiger partial charge in [0.2, 0.25) is 0 Å². The summed E-state index contributed by atoms with van der Waals surface area (Å²) in [5.74, 6) is 0.783. The van der Waals surface area contributed by atoms with Crippen molar-refractivity contribution in [1.82, 2.24) is 4.90 Å². The number of aliphatic hydroxyl groups is 1. The number of hydrogen-bond acceptors (Lipinski definition) is 2. The van der Waals surface area contributed by atoms with Crippen LogP contribution in [0.4, 0.5) is 0 Å². The lowest BCUT2D eigenvalue weighted by Crippen LogP contribution is -2.31. The van der Waals surface area contributed by atoms with E-state index in [1.165, 1.54) is 30.5 Å². The van der Waals surface area contributed by atoms with Crippen LogP contribution in [0.5, 0.6) is 0 Å². The smallest absolute Gasteiger partial charge is 0.0540 e. The van der Waals surface area contributed by atoms with Gasteiger partial charge in [0.1, 0.15) is 0 Å². The molecule has 2 nitrogen and oxygen atoms in total. The fourth-order valence-corrected chi connectivity index (χ4v) is 3.06. The highest BCUT2D eigenvalue weighted by Crippen LogP contribution is 2.24. The Morgan fingerprint density at radius 1 is 1.16 bits per heavy atom. The highest BCUT2D eigenvalue weighted by atomic mass is 16.3. The van der Waals surface area contributed by atoms with Gasteiger partial charge in [-0.05, 0) is 63.1 Å². The Morgan fingerprint density at radius 3 is 2.53 bits per heavy atom. The van der Waals surface area contributed by atoms with Crippen LogP contribution in [0.25, 0.3) is 0 Å². The van der Waals surface area contributed by atoms with E-state index in [1.807, 2.05) is 0 Å². The van der Waals surface area contributed by atoms with Crippen LogP contribution in [0, 0.1) is 12.8 Å². The Kier molecular flexibility index (Phi) is 5.41. The number of likely N-dealkylation sites (N-methyl/N-ethyl adjacent to an activating group) is 1. The molecule has 0 aromatic heterocycles. The van der Waals surface area contributed by atoms with Gasteiger partial charge in [-0.2, -0.15) is 0 Å². The quantitative estimate of drug-likeness (QED) is 0.880. The van der Waals surface area contributed by atoms with Crippen LogP contribution in [0.15, 0.2) is 24.3 Å². The average molecular weight is 261 g/mol. The van der Waals surface area contributed by atoms with Crippen LogP contribution < -0.4 is 0 Å². The van der Waals surface area contributed by atoms with E-state index >= 15 is 0 Å². The van der Waals surface area contributed by atoms with Gasteiger partial charge in [0.25, 0.3) is 0 Å². The highest BCUT2D eigenvalue weighted by molar-refractivity contribution is 5.25. The molecule has 1 saturated carbocycles. The first-order chi connectivity index (χ1) is 9.15. The van der Waals surface area contributed by atoms with Crippen molar-refractivity contribution in [2.75, 3.05) is 20.1 Å². The van der Waals surface area contributed by atoms with Crippen molar-refractivity contribution in [3.05, 3.63) is 35.4 Å². The maximum absolute atomic E-state index is 9.53. The van der Waals surface area contributed by atoms with Crippen molar-refractivity contribution in [2.45, 2.75) is 45.1 Å². The maximum Gasteiger partial charge on any atom is 0.0540 e. The molecule has 0 aliphatic heterocycles. The first-order valence-corrected chi connectivity index (χ1v) is 7.56. The van der Waals surface area contributed by atoms with Gasteiger partial charge >= 0.3 is 0 Å². The monoisotopic (exact) mass is 261 g/mol. The van der Waals surface area contributed by atoms with Gasteiger partial charge in [-0.25, -0.2) is 0 Å². The summed E-state index contributed by atoms with van der Waals surface area (Å²) in [5, 5.41) is 9.53. The second kappa shape index (κ2) is 7.06. The van der Waals surface area contributed by atoms with E-state index in [0.717, 1.165) is 31.7 Å². The van der Waals surface area contributed by atoms with Gasteiger partial charge in [0.15, 0.2) is 0 Å². The van der Waals surface area contributed by atoms with Crippen molar-refractivity contribution in [3.63, 3.8) is 0 Å². The molecule has 1 aromatic rings. The molecule has 1 N–H and O–H groups in total. The third kappa shape index (κ3) is 4.63. The van der Waals surface area contributed by atoms with Crippen LogP contribution in [0.1, 0.15) is 36.8 Å². The largest absolute Gasteiger partial charge is 0.393 e. The van der Waals surface area contributed by atoms with Crippen LogP contribution >= 0.6 is 0 Å². The fraction of sp³-hybridized carbons (Fsp3) is 0.647. The van der Waals surface area contributed by atoms with Crippen molar-refractivity contribution >= 4 is 0 Å². The predicted molar refractivity (Wildman–Crippen MR) is 80.3 cm³/mol. The van der Waals surface area contributed by atoms with Crippen LogP contribution in [-0.2, 0) is 6.42 Å². The van der Waals surface area contributed by atoms with E-state index in [1.54, 1.807) is 0 Å². The van der Waals surface area contributed by atoms with Crippen molar-refractivity contribution in [1.29, 1.82) is 0 Å². The molecule has 0 amide bonds. The highest BCUT2D eigenvalue weighted by Gasteiger charge is 2.20. The van der Waals surface area contributed by atoms with Gasteiger partial charge in [-0.1, -0.05) is 24.3 Å². The van der Waals surface area contributed by atoms with Gasteiger partial charge in [0, 0.05) is 13.1 Å². The molecule has 1 aromatic carbocycles. The molecule has 0 radical (unpaired) electrons. The van der Waals surface area contributed by atoms with Crippen molar-refractivity contribution in [2.24, 2.45) is 5.92 Å². The molecule has 2 heteroatoms. The molecule has 19 heavy (non-hydrogen) atoms. The van der Waals surface area contributed by atoms with Gasteiger partial charge in [-0.15, -0.1) is 0 Å². The van der Waals surface area contributed by atoms with E-state index < -0.39 is 0 Å². The third-order valence-corrected chi connectivity index (χ3v) is 4.41. The van der Waals surface area contributed by atoms with Crippen molar-refractivity contribution < 1.29 is 5.11 Å². The molecule has 0 heterocycles. The normalized spacial score (nSPS) is 23.8. The van der Waals surface area contributed by atoms with E-state index in [9.17, 15) is 5.11 Å². The first kappa shape index (κ1) is 14.5. The average Bonchev–Trinajstić information content (AvgIpc) is 2.40. The number of nitrogens with zero attached hydrogens (tertiary/aromatic N) is 1. The van der Waals surface area contributed by atoms with E-state index in [4.69, 9.17) is 0 Å². The molecular weight excluding hydrogens is 234 g/mol. The molecule has 0 atom stereocenters. The lowest BCUT2D eigenvalue weighted by molar-refractivity contribution is 0.0978. The number of rotatable bonds is 5. The zero-order chi connectivity index (χ0) is 13.7. The molecule has 1 aliphatic rings. The summed E-state index contributed by atoms with van der Waals surface area (Å²) in [4.78, 5) is 2.45. The van der Waals surface area contributed by atoms with E-state index in [2.05, 4.69) is 43.1 Å². The molecule has 0 spiro atoms. The fourth-order valence-electron chi connectivity index (χ4n) is 3.06. The van der Waals surface area contributed by atoms with Crippen LogP contribution in [-0.4, -0.2) is 36.2 Å². The lowest BCUT2D eigenvalue weighted by Gasteiger charge is -2.29. The number of aliphatic hydroxyl groups excluding tert-OH is 1. The number of aryl methyl sites for hydroxylation is 1.